The van der Waals surface area contributed by atoms with E-state index in [1.54, 1.807) is 17.4 Å². The molecule has 0 aromatic carbocycles. The zero-order chi connectivity index (χ0) is 11.5. The molecule has 2 nitrogen and oxygen atoms in total. The lowest BCUT2D eigenvalue weighted by Crippen LogP contribution is -2.15. The first-order chi connectivity index (χ1) is 7.65. The molecule has 0 radical (unpaired) electrons. The fourth-order valence-corrected chi connectivity index (χ4v) is 2.89. The third-order valence-corrected chi connectivity index (χ3v) is 3.85. The third kappa shape index (κ3) is 2.80. The SMILES string of the molecule is CN(Cc1cc(Br)cs1)c1ccnc(F)c1. The Morgan fingerprint density at radius 1 is 1.50 bits per heavy atom. The average Bonchev–Trinajstić information content (AvgIpc) is 2.64. The molecule has 2 rings (SSSR count). The molecule has 0 saturated heterocycles. The van der Waals surface area contributed by atoms with Gasteiger partial charge in [-0.25, -0.2) is 4.98 Å². The van der Waals surface area contributed by atoms with Gasteiger partial charge in [-0.05, 0) is 28.1 Å². The molecule has 2 heterocycles. The van der Waals surface area contributed by atoms with E-state index in [0.29, 0.717) is 0 Å². The summed E-state index contributed by atoms with van der Waals surface area (Å²) in [4.78, 5) is 6.75. The lowest BCUT2D eigenvalue weighted by atomic mass is 10.3. The van der Waals surface area contributed by atoms with Gasteiger partial charge in [0.05, 0.1) is 6.54 Å². The van der Waals surface area contributed by atoms with E-state index in [4.69, 9.17) is 0 Å². The van der Waals surface area contributed by atoms with Crippen molar-refractivity contribution in [1.29, 1.82) is 0 Å². The van der Waals surface area contributed by atoms with Crippen molar-refractivity contribution in [1.82, 2.24) is 4.98 Å². The van der Waals surface area contributed by atoms with Gasteiger partial charge in [0.25, 0.3) is 0 Å². The summed E-state index contributed by atoms with van der Waals surface area (Å²) in [5, 5.41) is 2.04. The van der Waals surface area contributed by atoms with Crippen LogP contribution in [0.4, 0.5) is 10.1 Å². The highest BCUT2D eigenvalue weighted by atomic mass is 79.9. The minimum atomic E-state index is -0.447. The van der Waals surface area contributed by atoms with Crippen LogP contribution in [0.1, 0.15) is 4.88 Å². The second kappa shape index (κ2) is 4.93. The van der Waals surface area contributed by atoms with Gasteiger partial charge in [0.1, 0.15) is 0 Å². The van der Waals surface area contributed by atoms with Gasteiger partial charge in [-0.3, -0.25) is 0 Å². The predicted octanol–water partition coefficient (Wildman–Crippen LogP) is 3.68. The van der Waals surface area contributed by atoms with Gasteiger partial charge in [-0.1, -0.05) is 0 Å². The number of nitrogens with zero attached hydrogens (tertiary/aromatic N) is 2. The normalized spacial score (nSPS) is 10.4. The second-order valence-electron chi connectivity index (χ2n) is 3.42. The zero-order valence-corrected chi connectivity index (χ0v) is 11.1. The molecule has 16 heavy (non-hydrogen) atoms. The first-order valence-corrected chi connectivity index (χ1v) is 6.38. The molecule has 84 valence electrons. The molecule has 0 aliphatic carbocycles. The van der Waals surface area contributed by atoms with Crippen LogP contribution in [0.25, 0.3) is 0 Å². The molecule has 0 unspecified atom stereocenters. The lowest BCUT2D eigenvalue weighted by molar-refractivity contribution is 0.583. The molecule has 0 aliphatic rings. The van der Waals surface area contributed by atoms with Crippen LogP contribution in [0.5, 0.6) is 0 Å². The molecular weight excluding hydrogens is 291 g/mol. The average molecular weight is 301 g/mol. The second-order valence-corrected chi connectivity index (χ2v) is 5.34. The minimum Gasteiger partial charge on any atom is -0.369 e. The molecule has 0 bridgehead atoms. The largest absolute Gasteiger partial charge is 0.369 e. The van der Waals surface area contributed by atoms with E-state index in [9.17, 15) is 4.39 Å². The van der Waals surface area contributed by atoms with Crippen molar-refractivity contribution in [3.8, 4) is 0 Å². The summed E-state index contributed by atoms with van der Waals surface area (Å²) in [6.45, 7) is 0.764. The van der Waals surface area contributed by atoms with Crippen LogP contribution in [-0.2, 0) is 6.54 Å². The van der Waals surface area contributed by atoms with Crippen LogP contribution in [0, 0.1) is 5.95 Å². The summed E-state index contributed by atoms with van der Waals surface area (Å²) in [5.74, 6) is -0.447. The van der Waals surface area contributed by atoms with Crippen molar-refractivity contribution in [2.45, 2.75) is 6.54 Å². The van der Waals surface area contributed by atoms with Crippen molar-refractivity contribution in [3.63, 3.8) is 0 Å². The van der Waals surface area contributed by atoms with E-state index >= 15 is 0 Å². The summed E-state index contributed by atoms with van der Waals surface area (Å²) >= 11 is 5.09. The van der Waals surface area contributed by atoms with Gasteiger partial charge in [0.15, 0.2) is 0 Å². The van der Waals surface area contributed by atoms with Gasteiger partial charge < -0.3 is 4.90 Å². The van der Waals surface area contributed by atoms with Gasteiger partial charge in [0.2, 0.25) is 5.95 Å². The first-order valence-electron chi connectivity index (χ1n) is 4.71. The number of aromatic nitrogens is 1. The summed E-state index contributed by atoms with van der Waals surface area (Å²) in [6, 6.07) is 5.30. The first kappa shape index (κ1) is 11.5. The Balaban J connectivity index is 2.11. The van der Waals surface area contributed by atoms with Crippen molar-refractivity contribution < 1.29 is 4.39 Å². The lowest BCUT2D eigenvalue weighted by Gasteiger charge is -2.17. The maximum Gasteiger partial charge on any atom is 0.214 e. The number of hydrogen-bond acceptors (Lipinski definition) is 3. The van der Waals surface area contributed by atoms with Crippen LogP contribution in [0.15, 0.2) is 34.2 Å². The number of halogens is 2. The highest BCUT2D eigenvalue weighted by molar-refractivity contribution is 9.10. The number of rotatable bonds is 3. The Morgan fingerprint density at radius 2 is 2.31 bits per heavy atom. The van der Waals surface area contributed by atoms with Crippen LogP contribution in [-0.4, -0.2) is 12.0 Å². The number of anilines is 1. The van der Waals surface area contributed by atoms with Gasteiger partial charge in [-0.2, -0.15) is 4.39 Å². The molecule has 2 aromatic heterocycles. The van der Waals surface area contributed by atoms with Crippen LogP contribution >= 0.6 is 27.3 Å². The van der Waals surface area contributed by atoms with Crippen LogP contribution in [0.3, 0.4) is 0 Å². The van der Waals surface area contributed by atoms with Gasteiger partial charge >= 0.3 is 0 Å². The molecular formula is C11H10BrFN2S. The zero-order valence-electron chi connectivity index (χ0n) is 8.65. The van der Waals surface area contributed by atoms with Crippen molar-refractivity contribution in [3.05, 3.63) is 45.1 Å². The Morgan fingerprint density at radius 3 is 2.94 bits per heavy atom. The van der Waals surface area contributed by atoms with E-state index in [1.807, 2.05) is 17.3 Å². The summed E-state index contributed by atoms with van der Waals surface area (Å²) in [5.41, 5.74) is 0.831. The molecule has 2 aromatic rings. The quantitative estimate of drug-likeness (QED) is 0.804. The highest BCUT2D eigenvalue weighted by Gasteiger charge is 2.05. The Hall–Kier alpha value is -0.940. The Bertz CT molecular complexity index is 486. The standard InChI is InChI=1S/C11H10BrFN2S/c1-15(6-10-4-8(12)7-16-10)9-2-3-14-11(13)5-9/h2-5,7H,6H2,1H3. The van der Waals surface area contributed by atoms with E-state index in [1.165, 1.54) is 17.1 Å². The van der Waals surface area contributed by atoms with Crippen LogP contribution < -0.4 is 4.90 Å². The molecule has 0 amide bonds. The Labute approximate surface area is 106 Å². The molecule has 0 fully saturated rings. The smallest absolute Gasteiger partial charge is 0.214 e. The van der Waals surface area contributed by atoms with Crippen LogP contribution in [0.2, 0.25) is 0 Å². The Kier molecular flexibility index (Phi) is 3.56. The fourth-order valence-electron chi connectivity index (χ4n) is 1.39. The molecule has 0 spiro atoms. The van der Waals surface area contributed by atoms with Gasteiger partial charge in [0, 0.05) is 39.7 Å². The molecule has 0 saturated carbocycles. The highest BCUT2D eigenvalue weighted by Crippen LogP contribution is 2.23. The predicted molar refractivity (Wildman–Crippen MR) is 68.3 cm³/mol. The monoisotopic (exact) mass is 300 g/mol. The molecule has 5 heteroatoms. The molecule has 0 aliphatic heterocycles. The van der Waals surface area contributed by atoms with Crippen molar-refractivity contribution in [2.75, 3.05) is 11.9 Å². The summed E-state index contributed by atoms with van der Waals surface area (Å²) < 4.78 is 14.0. The third-order valence-electron chi connectivity index (χ3n) is 2.17. The van der Waals surface area contributed by atoms with Crippen molar-refractivity contribution in [2.24, 2.45) is 0 Å². The minimum absolute atomic E-state index is 0.447. The number of pyridine rings is 1. The summed E-state index contributed by atoms with van der Waals surface area (Å²) in [6.07, 6.45) is 1.48. The maximum absolute atomic E-state index is 12.9. The van der Waals surface area contributed by atoms with E-state index in [-0.39, 0.29) is 0 Å². The topological polar surface area (TPSA) is 16.1 Å². The number of thiophene rings is 1. The fraction of sp³-hybridized carbons (Fsp3) is 0.182. The molecule has 0 N–H and O–H groups in total. The van der Waals surface area contributed by atoms with E-state index in [2.05, 4.69) is 27.0 Å². The van der Waals surface area contributed by atoms with Gasteiger partial charge in [-0.15, -0.1) is 11.3 Å². The van der Waals surface area contributed by atoms with Crippen molar-refractivity contribution >= 4 is 33.0 Å². The van der Waals surface area contributed by atoms with E-state index < -0.39 is 5.95 Å². The van der Waals surface area contributed by atoms with E-state index in [0.717, 1.165) is 16.7 Å². The number of hydrogen-bond donors (Lipinski definition) is 0. The molecule has 0 atom stereocenters. The summed E-state index contributed by atoms with van der Waals surface area (Å²) in [7, 11) is 1.93. The maximum atomic E-state index is 12.9.